The Kier molecular flexibility index (Phi) is 4.37. The molecule has 1 saturated heterocycles. The number of amides is 3. The molecule has 0 atom stereocenters. The van der Waals surface area contributed by atoms with Crippen molar-refractivity contribution in [2.24, 2.45) is 0 Å². The Balaban J connectivity index is 2.44. The lowest BCUT2D eigenvalue weighted by atomic mass is 10.2. The van der Waals surface area contributed by atoms with E-state index >= 15 is 0 Å². The molecule has 3 amide bonds. The molecule has 1 aliphatic heterocycles. The van der Waals surface area contributed by atoms with E-state index in [0.29, 0.717) is 6.54 Å². The summed E-state index contributed by atoms with van der Waals surface area (Å²) in [6.07, 6.45) is -0.169. The Hall–Kier alpha value is -1.82. The molecule has 1 fully saturated rings. The summed E-state index contributed by atoms with van der Waals surface area (Å²) in [6.45, 7) is 5.66. The topological polar surface area (TPSA) is 49.9 Å². The Bertz CT molecular complexity index is 592. The van der Waals surface area contributed by atoms with Crippen molar-refractivity contribution in [2.45, 2.75) is 26.9 Å². The lowest BCUT2D eigenvalue weighted by Gasteiger charge is -2.19. The molecule has 1 aliphatic rings. The summed E-state index contributed by atoms with van der Waals surface area (Å²) in [6, 6.07) is 1.79. The summed E-state index contributed by atoms with van der Waals surface area (Å²) < 4.78 is 19.6. The molecule has 0 aromatic heterocycles. The monoisotopic (exact) mass is 314 g/mol. The van der Waals surface area contributed by atoms with Gasteiger partial charge in [-0.25, -0.2) is 14.1 Å². The van der Waals surface area contributed by atoms with Gasteiger partial charge in [0.15, 0.2) is 0 Å². The van der Waals surface area contributed by atoms with Crippen molar-refractivity contribution in [3.8, 4) is 5.75 Å². The maximum atomic E-state index is 14.1. The molecular formula is C14H16ClFN2O3. The van der Waals surface area contributed by atoms with Crippen LogP contribution in [-0.2, 0) is 4.79 Å². The molecule has 21 heavy (non-hydrogen) atoms. The molecule has 1 heterocycles. The summed E-state index contributed by atoms with van der Waals surface area (Å²) in [7, 11) is 0. The van der Waals surface area contributed by atoms with Gasteiger partial charge in [-0.2, -0.15) is 0 Å². The molecule has 0 N–H and O–H groups in total. The SMILES string of the molecule is CCN1CC(=O)N(c2cc(OC(C)C)c(Cl)cc2F)C1=O. The molecule has 0 spiro atoms. The van der Waals surface area contributed by atoms with Crippen molar-refractivity contribution < 1.29 is 18.7 Å². The van der Waals surface area contributed by atoms with E-state index in [1.54, 1.807) is 20.8 Å². The van der Waals surface area contributed by atoms with Crippen LogP contribution in [0.5, 0.6) is 5.75 Å². The van der Waals surface area contributed by atoms with Gasteiger partial charge in [-0.05, 0) is 26.8 Å². The number of rotatable bonds is 4. The highest BCUT2D eigenvalue weighted by atomic mass is 35.5. The molecular weight excluding hydrogens is 299 g/mol. The third-order valence-electron chi connectivity index (χ3n) is 3.02. The second-order valence-corrected chi connectivity index (χ2v) is 5.33. The number of imide groups is 1. The number of ether oxygens (including phenoxy) is 1. The van der Waals surface area contributed by atoms with Gasteiger partial charge in [0.1, 0.15) is 18.1 Å². The van der Waals surface area contributed by atoms with E-state index in [-0.39, 0.29) is 29.1 Å². The van der Waals surface area contributed by atoms with E-state index in [9.17, 15) is 14.0 Å². The number of urea groups is 1. The number of nitrogens with zero attached hydrogens (tertiary/aromatic N) is 2. The maximum absolute atomic E-state index is 14.1. The van der Waals surface area contributed by atoms with Gasteiger partial charge >= 0.3 is 6.03 Å². The number of carbonyl (C=O) groups excluding carboxylic acids is 2. The first-order valence-corrected chi connectivity index (χ1v) is 7.00. The second-order valence-electron chi connectivity index (χ2n) is 4.93. The van der Waals surface area contributed by atoms with Gasteiger partial charge in [0.25, 0.3) is 5.91 Å². The number of benzene rings is 1. The molecule has 1 aromatic carbocycles. The van der Waals surface area contributed by atoms with Gasteiger partial charge in [0, 0.05) is 12.6 Å². The van der Waals surface area contributed by atoms with Gasteiger partial charge in [0.05, 0.1) is 16.8 Å². The van der Waals surface area contributed by atoms with Crippen molar-refractivity contribution in [1.82, 2.24) is 4.90 Å². The van der Waals surface area contributed by atoms with Crippen molar-refractivity contribution in [1.29, 1.82) is 0 Å². The van der Waals surface area contributed by atoms with Gasteiger partial charge in [-0.15, -0.1) is 0 Å². The van der Waals surface area contributed by atoms with E-state index < -0.39 is 17.8 Å². The van der Waals surface area contributed by atoms with Gasteiger partial charge in [-0.1, -0.05) is 11.6 Å². The minimum Gasteiger partial charge on any atom is -0.489 e. The predicted octanol–water partition coefficient (Wildman–Crippen LogP) is 3.05. The molecule has 0 bridgehead atoms. The number of hydrogen-bond acceptors (Lipinski definition) is 3. The van der Waals surface area contributed by atoms with Crippen molar-refractivity contribution in [3.05, 3.63) is 23.0 Å². The summed E-state index contributed by atoms with van der Waals surface area (Å²) in [5, 5.41) is 0.0939. The van der Waals surface area contributed by atoms with Gasteiger partial charge in [-0.3, -0.25) is 4.79 Å². The minimum absolute atomic E-state index is 0.0578. The fourth-order valence-electron chi connectivity index (χ4n) is 2.07. The van der Waals surface area contributed by atoms with E-state index in [0.717, 1.165) is 11.0 Å². The Labute approximate surface area is 127 Å². The zero-order chi connectivity index (χ0) is 15.7. The quantitative estimate of drug-likeness (QED) is 0.803. The third-order valence-corrected chi connectivity index (χ3v) is 3.32. The van der Waals surface area contributed by atoms with Crippen LogP contribution in [0.4, 0.5) is 14.9 Å². The first-order chi connectivity index (χ1) is 9.85. The Morgan fingerprint density at radius 2 is 2.05 bits per heavy atom. The average Bonchev–Trinajstić information content (AvgIpc) is 2.67. The summed E-state index contributed by atoms with van der Waals surface area (Å²) in [5.41, 5.74) is -0.138. The van der Waals surface area contributed by atoms with Crippen LogP contribution in [-0.4, -0.2) is 36.0 Å². The number of halogens is 2. The summed E-state index contributed by atoms with van der Waals surface area (Å²) >= 11 is 5.92. The maximum Gasteiger partial charge on any atom is 0.331 e. The molecule has 0 saturated carbocycles. The number of likely N-dealkylation sites (N-methyl/N-ethyl adjacent to an activating group) is 1. The smallest absolute Gasteiger partial charge is 0.331 e. The van der Waals surface area contributed by atoms with Crippen molar-refractivity contribution in [3.63, 3.8) is 0 Å². The predicted molar refractivity (Wildman–Crippen MR) is 77.3 cm³/mol. The van der Waals surface area contributed by atoms with Crippen LogP contribution in [0.1, 0.15) is 20.8 Å². The average molecular weight is 315 g/mol. The van der Waals surface area contributed by atoms with E-state index in [1.165, 1.54) is 11.0 Å². The Morgan fingerprint density at radius 1 is 1.38 bits per heavy atom. The first kappa shape index (κ1) is 15.6. The van der Waals surface area contributed by atoms with Crippen LogP contribution in [0, 0.1) is 5.82 Å². The highest BCUT2D eigenvalue weighted by Crippen LogP contribution is 2.34. The fraction of sp³-hybridized carbons (Fsp3) is 0.429. The third kappa shape index (κ3) is 2.95. The van der Waals surface area contributed by atoms with Crippen molar-refractivity contribution >= 4 is 29.2 Å². The second kappa shape index (κ2) is 5.89. The molecule has 114 valence electrons. The lowest BCUT2D eigenvalue weighted by molar-refractivity contribution is -0.116. The molecule has 0 radical (unpaired) electrons. The molecule has 7 heteroatoms. The van der Waals surface area contributed by atoms with Crippen LogP contribution < -0.4 is 9.64 Å². The highest BCUT2D eigenvalue weighted by molar-refractivity contribution is 6.32. The van der Waals surface area contributed by atoms with E-state index in [4.69, 9.17) is 16.3 Å². The standard InChI is InChI=1S/C14H16ClFN2O3/c1-4-17-7-13(19)18(14(17)20)11-6-12(21-8(2)3)9(15)5-10(11)16/h5-6,8H,4,7H2,1-3H3. The molecule has 0 unspecified atom stereocenters. The van der Waals surface area contributed by atoms with Crippen LogP contribution in [0.3, 0.4) is 0 Å². The molecule has 2 rings (SSSR count). The minimum atomic E-state index is -0.740. The van der Waals surface area contributed by atoms with E-state index in [2.05, 4.69) is 0 Å². The van der Waals surface area contributed by atoms with Crippen LogP contribution in [0.2, 0.25) is 5.02 Å². The lowest BCUT2D eigenvalue weighted by Crippen LogP contribution is -2.33. The molecule has 0 aliphatic carbocycles. The largest absolute Gasteiger partial charge is 0.489 e. The first-order valence-electron chi connectivity index (χ1n) is 6.62. The van der Waals surface area contributed by atoms with Gasteiger partial charge in [0.2, 0.25) is 0 Å². The fourth-order valence-corrected chi connectivity index (χ4v) is 2.26. The van der Waals surface area contributed by atoms with Crippen LogP contribution in [0.15, 0.2) is 12.1 Å². The number of carbonyl (C=O) groups is 2. The highest BCUT2D eigenvalue weighted by Gasteiger charge is 2.38. The summed E-state index contributed by atoms with van der Waals surface area (Å²) in [4.78, 5) is 26.2. The zero-order valence-corrected chi connectivity index (χ0v) is 12.8. The number of hydrogen-bond donors (Lipinski definition) is 0. The zero-order valence-electron chi connectivity index (χ0n) is 12.0. The van der Waals surface area contributed by atoms with Crippen LogP contribution in [0.25, 0.3) is 0 Å². The normalized spacial score (nSPS) is 15.3. The summed E-state index contributed by atoms with van der Waals surface area (Å²) in [5.74, 6) is -0.979. The van der Waals surface area contributed by atoms with Crippen LogP contribution >= 0.6 is 11.6 Å². The van der Waals surface area contributed by atoms with E-state index in [1.807, 2.05) is 0 Å². The van der Waals surface area contributed by atoms with Crippen molar-refractivity contribution in [2.75, 3.05) is 18.0 Å². The number of anilines is 1. The molecule has 1 aromatic rings. The van der Waals surface area contributed by atoms with Gasteiger partial charge < -0.3 is 9.64 Å². The molecule has 5 nitrogen and oxygen atoms in total. The Morgan fingerprint density at radius 3 is 2.57 bits per heavy atom.